The van der Waals surface area contributed by atoms with E-state index in [1.165, 1.54) is 12.1 Å². The van der Waals surface area contributed by atoms with Crippen LogP contribution in [-0.2, 0) is 0 Å². The van der Waals surface area contributed by atoms with E-state index in [4.69, 9.17) is 5.26 Å². The molecule has 3 heteroatoms. The fourth-order valence-corrected chi connectivity index (χ4v) is 1.06. The highest BCUT2D eigenvalue weighted by Crippen LogP contribution is 2.12. The molecule has 0 bridgehead atoms. The predicted octanol–water partition coefficient (Wildman–Crippen LogP) is 2.57. The molecule has 0 aromatic heterocycles. The monoisotopic (exact) mass is 189 g/mol. The van der Waals surface area contributed by atoms with Crippen molar-refractivity contribution in [1.82, 2.24) is 0 Å². The summed E-state index contributed by atoms with van der Waals surface area (Å²) < 4.78 is 13.0. The number of nitriles is 1. The van der Waals surface area contributed by atoms with E-state index in [9.17, 15) is 9.18 Å². The minimum atomic E-state index is -0.542. The van der Waals surface area contributed by atoms with Crippen LogP contribution >= 0.6 is 0 Å². The molecule has 0 heterocycles. The van der Waals surface area contributed by atoms with Crippen molar-refractivity contribution in [2.24, 2.45) is 0 Å². The highest BCUT2D eigenvalue weighted by atomic mass is 19.1. The van der Waals surface area contributed by atoms with E-state index >= 15 is 0 Å². The minimum absolute atomic E-state index is 0.0293. The number of halogens is 1. The van der Waals surface area contributed by atoms with Crippen LogP contribution in [0.15, 0.2) is 24.3 Å². The maximum Gasteiger partial charge on any atom is 0.153 e. The number of benzene rings is 1. The zero-order valence-electron chi connectivity index (χ0n) is 7.40. The third kappa shape index (κ3) is 2.27. The quantitative estimate of drug-likeness (QED) is 0.685. The molecule has 2 nitrogen and oxygen atoms in total. The van der Waals surface area contributed by atoms with Crippen molar-refractivity contribution >= 4 is 12.4 Å². The summed E-state index contributed by atoms with van der Waals surface area (Å²) in [5.41, 5.74) is 0.525. The Morgan fingerprint density at radius 2 is 2.29 bits per heavy atom. The second kappa shape index (κ2) is 4.93. The van der Waals surface area contributed by atoms with Gasteiger partial charge >= 0.3 is 0 Å². The van der Waals surface area contributed by atoms with E-state index in [1.807, 2.05) is 6.07 Å². The van der Waals surface area contributed by atoms with Gasteiger partial charge in [0.15, 0.2) is 6.29 Å². The molecule has 0 aliphatic heterocycles. The number of carbonyl (C=O) groups is 1. The Kier molecular flexibility index (Phi) is 3.57. The standard InChI is InChI=1S/C11H8FNO/c12-11-6-3-5-9(10(11)8-14)4-1-2-7-13/h1,3-6,8H,2H2. The molecular formula is C11H8FNO. The molecule has 0 aliphatic rings. The molecule has 1 aromatic rings. The van der Waals surface area contributed by atoms with Crippen molar-refractivity contribution in [2.45, 2.75) is 6.42 Å². The summed E-state index contributed by atoms with van der Waals surface area (Å²) in [4.78, 5) is 10.5. The summed E-state index contributed by atoms with van der Waals surface area (Å²) in [7, 11) is 0. The van der Waals surface area contributed by atoms with Gasteiger partial charge in [0.05, 0.1) is 18.1 Å². The summed E-state index contributed by atoms with van der Waals surface area (Å²) in [6.45, 7) is 0. The molecule has 0 radical (unpaired) electrons. The molecule has 0 saturated carbocycles. The Bertz CT molecular complexity index is 404. The number of hydrogen-bond donors (Lipinski definition) is 0. The van der Waals surface area contributed by atoms with Gasteiger partial charge in [-0.2, -0.15) is 5.26 Å². The normalized spacial score (nSPS) is 10.0. The van der Waals surface area contributed by atoms with Crippen LogP contribution in [0.4, 0.5) is 4.39 Å². The number of hydrogen-bond acceptors (Lipinski definition) is 2. The number of carbonyl (C=O) groups excluding carboxylic acids is 1. The van der Waals surface area contributed by atoms with Crippen LogP contribution in [0.25, 0.3) is 6.08 Å². The van der Waals surface area contributed by atoms with Gasteiger partial charge in [-0.15, -0.1) is 0 Å². The Labute approximate surface area is 81.3 Å². The van der Waals surface area contributed by atoms with Crippen LogP contribution in [0.5, 0.6) is 0 Å². The highest BCUT2D eigenvalue weighted by molar-refractivity contribution is 5.82. The second-order valence-corrected chi connectivity index (χ2v) is 2.63. The molecule has 1 rings (SSSR count). The van der Waals surface area contributed by atoms with Gasteiger partial charge in [-0.05, 0) is 11.6 Å². The van der Waals surface area contributed by atoms with E-state index in [1.54, 1.807) is 18.2 Å². The Hall–Kier alpha value is -1.95. The third-order valence-corrected chi connectivity index (χ3v) is 1.71. The largest absolute Gasteiger partial charge is 0.298 e. The first-order valence-electron chi connectivity index (χ1n) is 4.06. The lowest BCUT2D eigenvalue weighted by Crippen LogP contribution is -1.90. The molecule has 0 saturated heterocycles. The smallest absolute Gasteiger partial charge is 0.153 e. The topological polar surface area (TPSA) is 40.9 Å². The summed E-state index contributed by atoms with van der Waals surface area (Å²) >= 11 is 0. The van der Waals surface area contributed by atoms with Crippen LogP contribution < -0.4 is 0 Å². The lowest BCUT2D eigenvalue weighted by molar-refractivity contribution is 0.111. The molecule has 70 valence electrons. The van der Waals surface area contributed by atoms with Crippen molar-refractivity contribution in [3.05, 3.63) is 41.2 Å². The van der Waals surface area contributed by atoms with Crippen molar-refractivity contribution < 1.29 is 9.18 Å². The van der Waals surface area contributed by atoms with E-state index in [0.717, 1.165) is 0 Å². The summed E-state index contributed by atoms with van der Waals surface area (Å²) in [6, 6.07) is 6.30. The van der Waals surface area contributed by atoms with E-state index in [-0.39, 0.29) is 12.0 Å². The van der Waals surface area contributed by atoms with E-state index in [0.29, 0.717) is 11.8 Å². The van der Waals surface area contributed by atoms with Crippen molar-refractivity contribution in [3.63, 3.8) is 0 Å². The van der Waals surface area contributed by atoms with Crippen molar-refractivity contribution in [2.75, 3.05) is 0 Å². The fourth-order valence-electron chi connectivity index (χ4n) is 1.06. The first kappa shape index (κ1) is 10.1. The molecule has 0 N–H and O–H groups in total. The zero-order valence-corrected chi connectivity index (χ0v) is 7.40. The average molecular weight is 189 g/mol. The van der Waals surface area contributed by atoms with Crippen molar-refractivity contribution in [3.8, 4) is 6.07 Å². The molecule has 1 aromatic carbocycles. The summed E-state index contributed by atoms with van der Waals surface area (Å²) in [6.07, 6.45) is 3.87. The molecular weight excluding hydrogens is 181 g/mol. The lowest BCUT2D eigenvalue weighted by atomic mass is 10.1. The molecule has 14 heavy (non-hydrogen) atoms. The van der Waals surface area contributed by atoms with Gasteiger partial charge in [-0.1, -0.05) is 24.3 Å². The summed E-state index contributed by atoms with van der Waals surface area (Å²) in [5.74, 6) is -0.542. The molecule has 0 amide bonds. The van der Waals surface area contributed by atoms with Gasteiger partial charge in [-0.3, -0.25) is 4.79 Å². The maximum atomic E-state index is 13.0. The van der Waals surface area contributed by atoms with Gasteiger partial charge in [0.2, 0.25) is 0 Å². The number of allylic oxidation sites excluding steroid dienone is 1. The third-order valence-electron chi connectivity index (χ3n) is 1.71. The van der Waals surface area contributed by atoms with Crippen LogP contribution in [0.3, 0.4) is 0 Å². The SMILES string of the molecule is N#CCC=Cc1cccc(F)c1C=O. The summed E-state index contributed by atoms with van der Waals surface area (Å²) in [5, 5.41) is 8.28. The van der Waals surface area contributed by atoms with Gasteiger partial charge in [0.25, 0.3) is 0 Å². The second-order valence-electron chi connectivity index (χ2n) is 2.63. The Balaban J connectivity index is 3.03. The van der Waals surface area contributed by atoms with Gasteiger partial charge in [-0.25, -0.2) is 4.39 Å². The Morgan fingerprint density at radius 1 is 1.50 bits per heavy atom. The number of aldehydes is 1. The van der Waals surface area contributed by atoms with Crippen LogP contribution in [-0.4, -0.2) is 6.29 Å². The predicted molar refractivity (Wildman–Crippen MR) is 51.1 cm³/mol. The first-order valence-corrected chi connectivity index (χ1v) is 4.06. The van der Waals surface area contributed by atoms with Crippen molar-refractivity contribution in [1.29, 1.82) is 5.26 Å². The molecule has 0 unspecified atom stereocenters. The first-order chi connectivity index (χ1) is 6.79. The maximum absolute atomic E-state index is 13.0. The van der Waals surface area contributed by atoms with Gasteiger partial charge in [0.1, 0.15) is 5.82 Å². The lowest BCUT2D eigenvalue weighted by Gasteiger charge is -1.98. The van der Waals surface area contributed by atoms with Gasteiger partial charge in [0, 0.05) is 0 Å². The number of rotatable bonds is 3. The number of nitrogens with zero attached hydrogens (tertiary/aromatic N) is 1. The fraction of sp³-hybridized carbons (Fsp3) is 0.0909. The molecule has 0 aliphatic carbocycles. The van der Waals surface area contributed by atoms with Gasteiger partial charge < -0.3 is 0 Å². The zero-order chi connectivity index (χ0) is 10.4. The molecule has 0 atom stereocenters. The van der Waals surface area contributed by atoms with E-state index < -0.39 is 5.82 Å². The Morgan fingerprint density at radius 3 is 2.93 bits per heavy atom. The van der Waals surface area contributed by atoms with Crippen LogP contribution in [0.1, 0.15) is 22.3 Å². The van der Waals surface area contributed by atoms with E-state index in [2.05, 4.69) is 0 Å². The minimum Gasteiger partial charge on any atom is -0.298 e. The van der Waals surface area contributed by atoms with Crippen LogP contribution in [0.2, 0.25) is 0 Å². The van der Waals surface area contributed by atoms with Crippen LogP contribution in [0, 0.1) is 17.1 Å². The molecule has 0 fully saturated rings. The highest BCUT2D eigenvalue weighted by Gasteiger charge is 2.03. The molecule has 0 spiro atoms. The average Bonchev–Trinajstić information content (AvgIpc) is 2.18.